The van der Waals surface area contributed by atoms with E-state index in [4.69, 9.17) is 21.1 Å². The fourth-order valence-corrected chi connectivity index (χ4v) is 4.00. The summed E-state index contributed by atoms with van der Waals surface area (Å²) in [6.07, 6.45) is 0. The van der Waals surface area contributed by atoms with Gasteiger partial charge in [-0.2, -0.15) is 0 Å². The van der Waals surface area contributed by atoms with Gasteiger partial charge in [0.1, 0.15) is 0 Å². The molecule has 2 heterocycles. The minimum absolute atomic E-state index is 0.118. The number of rotatable bonds is 5. The second-order valence-corrected chi connectivity index (χ2v) is 8.63. The summed E-state index contributed by atoms with van der Waals surface area (Å²) in [7, 11) is 0. The first-order valence-corrected chi connectivity index (χ1v) is 11.1. The second kappa shape index (κ2) is 9.11. The molecule has 5 rings (SSSR count). The Balaban J connectivity index is 1.45. The monoisotopic (exact) mass is 475 g/mol. The third-order valence-corrected chi connectivity index (χ3v) is 5.88. The van der Waals surface area contributed by atoms with Gasteiger partial charge in [-0.15, -0.1) is 0 Å². The number of fused-ring (bicyclic) bond motifs is 2. The molecule has 1 aliphatic rings. The fraction of sp³-hybridized carbons (Fsp3) is 0.154. The predicted octanol–water partition coefficient (Wildman–Crippen LogP) is 5.45. The quantitative estimate of drug-likeness (QED) is 0.402. The number of carbonyl (C=O) groups excluding carboxylic acids is 1. The number of hydrogen-bond donors (Lipinski definition) is 2. The molecule has 1 aromatic heterocycles. The molecule has 3 aromatic carbocycles. The van der Waals surface area contributed by atoms with Crippen LogP contribution in [-0.2, 0) is 13.1 Å². The van der Waals surface area contributed by atoms with Crippen molar-refractivity contribution in [2.24, 2.45) is 0 Å². The molecule has 0 saturated heterocycles. The van der Waals surface area contributed by atoms with E-state index in [1.807, 2.05) is 49.4 Å². The zero-order valence-corrected chi connectivity index (χ0v) is 19.2. The van der Waals surface area contributed by atoms with Crippen LogP contribution in [0.1, 0.15) is 16.7 Å². The van der Waals surface area contributed by atoms with Crippen LogP contribution < -0.4 is 20.3 Å². The highest BCUT2D eigenvalue weighted by molar-refractivity contribution is 6.30. The number of nitrogens with one attached hydrogen (secondary N) is 2. The highest BCUT2D eigenvalue weighted by Gasteiger charge is 2.20. The summed E-state index contributed by atoms with van der Waals surface area (Å²) in [5.41, 5.74) is 3.54. The molecule has 8 heteroatoms. The van der Waals surface area contributed by atoms with Crippen molar-refractivity contribution in [2.75, 3.05) is 12.1 Å². The zero-order valence-electron chi connectivity index (χ0n) is 18.4. The van der Waals surface area contributed by atoms with E-state index in [1.165, 1.54) is 0 Å². The van der Waals surface area contributed by atoms with E-state index in [9.17, 15) is 9.59 Å². The van der Waals surface area contributed by atoms with Crippen LogP contribution in [0.2, 0.25) is 5.02 Å². The maximum absolute atomic E-state index is 13.3. The predicted molar refractivity (Wildman–Crippen MR) is 132 cm³/mol. The summed E-state index contributed by atoms with van der Waals surface area (Å²) in [6, 6.07) is 19.8. The number of H-pyrrole nitrogens is 1. The first-order chi connectivity index (χ1) is 16.4. The molecule has 0 bridgehead atoms. The molecule has 0 saturated carbocycles. The number of aromatic amines is 1. The Morgan fingerprint density at radius 3 is 2.62 bits per heavy atom. The number of amides is 2. The van der Waals surface area contributed by atoms with Gasteiger partial charge in [0.2, 0.25) is 6.79 Å². The number of urea groups is 1. The SMILES string of the molecule is Cc1ccc2cc(CN(Cc3ccc4c(c3)OCO4)C(=O)Nc3ccc(Cl)cc3)c(=O)[nH]c2c1. The lowest BCUT2D eigenvalue weighted by Crippen LogP contribution is -2.35. The van der Waals surface area contributed by atoms with E-state index in [-0.39, 0.29) is 31.5 Å². The van der Waals surface area contributed by atoms with Crippen LogP contribution in [0.15, 0.2) is 71.5 Å². The number of anilines is 1. The van der Waals surface area contributed by atoms with Gasteiger partial charge in [0.15, 0.2) is 11.5 Å². The number of carbonyl (C=O) groups is 1. The van der Waals surface area contributed by atoms with Crippen molar-refractivity contribution in [3.05, 3.63) is 98.8 Å². The summed E-state index contributed by atoms with van der Waals surface area (Å²) in [4.78, 5) is 30.6. The molecule has 4 aromatic rings. The summed E-state index contributed by atoms with van der Waals surface area (Å²) in [5.74, 6) is 1.30. The smallest absolute Gasteiger partial charge is 0.322 e. The van der Waals surface area contributed by atoms with Crippen LogP contribution in [0.25, 0.3) is 10.9 Å². The van der Waals surface area contributed by atoms with Crippen LogP contribution >= 0.6 is 11.6 Å². The van der Waals surface area contributed by atoms with Crippen molar-refractivity contribution < 1.29 is 14.3 Å². The van der Waals surface area contributed by atoms with Gasteiger partial charge in [-0.05, 0) is 72.0 Å². The van der Waals surface area contributed by atoms with Crippen LogP contribution in [-0.4, -0.2) is 22.7 Å². The number of ether oxygens (including phenoxy) is 2. The Kier molecular flexibility index (Phi) is 5.86. The van der Waals surface area contributed by atoms with Crippen LogP contribution in [0.4, 0.5) is 10.5 Å². The van der Waals surface area contributed by atoms with E-state index in [0.29, 0.717) is 27.8 Å². The summed E-state index contributed by atoms with van der Waals surface area (Å²) >= 11 is 5.96. The number of aromatic nitrogens is 1. The van der Waals surface area contributed by atoms with Crippen molar-refractivity contribution >= 4 is 34.2 Å². The highest BCUT2D eigenvalue weighted by atomic mass is 35.5. The first-order valence-electron chi connectivity index (χ1n) is 10.8. The third kappa shape index (κ3) is 4.70. The third-order valence-electron chi connectivity index (χ3n) is 5.63. The number of nitrogens with zero attached hydrogens (tertiary/aromatic N) is 1. The van der Waals surface area contributed by atoms with Crippen LogP contribution in [0, 0.1) is 6.92 Å². The van der Waals surface area contributed by atoms with E-state index in [1.54, 1.807) is 29.2 Å². The molecule has 0 atom stereocenters. The van der Waals surface area contributed by atoms with E-state index in [2.05, 4.69) is 10.3 Å². The van der Waals surface area contributed by atoms with Crippen molar-refractivity contribution in [2.45, 2.75) is 20.0 Å². The molecular weight excluding hydrogens is 454 g/mol. The van der Waals surface area contributed by atoms with Gasteiger partial charge in [-0.1, -0.05) is 29.8 Å². The summed E-state index contributed by atoms with van der Waals surface area (Å²) in [5, 5.41) is 4.37. The maximum atomic E-state index is 13.3. The Morgan fingerprint density at radius 1 is 1.00 bits per heavy atom. The van der Waals surface area contributed by atoms with E-state index < -0.39 is 0 Å². The number of pyridine rings is 1. The van der Waals surface area contributed by atoms with Gasteiger partial charge in [0.05, 0.1) is 6.54 Å². The zero-order chi connectivity index (χ0) is 23.7. The molecule has 172 valence electrons. The standard InChI is InChI=1S/C26H22ClN3O4/c1-16-2-4-18-12-19(25(31)29-22(18)10-16)14-30(26(32)28-21-7-5-20(27)6-8-21)13-17-3-9-23-24(11-17)34-15-33-23/h2-12H,13-15H2,1H3,(H,28,32)(H,29,31). The minimum Gasteiger partial charge on any atom is -0.454 e. The van der Waals surface area contributed by atoms with E-state index >= 15 is 0 Å². The molecule has 1 aliphatic heterocycles. The number of aryl methyl sites for hydroxylation is 1. The molecule has 7 nitrogen and oxygen atoms in total. The van der Waals surface area contributed by atoms with Crippen molar-refractivity contribution in [3.63, 3.8) is 0 Å². The van der Waals surface area contributed by atoms with Gasteiger partial charge >= 0.3 is 6.03 Å². The van der Waals surface area contributed by atoms with Gasteiger partial charge in [-0.25, -0.2) is 4.79 Å². The normalized spacial score (nSPS) is 12.1. The molecule has 2 amide bonds. The topological polar surface area (TPSA) is 83.7 Å². The van der Waals surface area contributed by atoms with Crippen LogP contribution in [0.5, 0.6) is 11.5 Å². The molecule has 0 radical (unpaired) electrons. The van der Waals surface area contributed by atoms with Crippen molar-refractivity contribution in [1.82, 2.24) is 9.88 Å². The minimum atomic E-state index is -0.344. The molecule has 0 aliphatic carbocycles. The molecular formula is C26H22ClN3O4. The first kappa shape index (κ1) is 21.9. The second-order valence-electron chi connectivity index (χ2n) is 8.20. The molecule has 0 fully saturated rings. The number of halogens is 1. The Morgan fingerprint density at radius 2 is 1.79 bits per heavy atom. The largest absolute Gasteiger partial charge is 0.454 e. The lowest BCUT2D eigenvalue weighted by atomic mass is 10.1. The summed E-state index contributed by atoms with van der Waals surface area (Å²) < 4.78 is 10.9. The lowest BCUT2D eigenvalue weighted by Gasteiger charge is -2.23. The van der Waals surface area contributed by atoms with Crippen molar-refractivity contribution in [1.29, 1.82) is 0 Å². The number of hydrogen-bond acceptors (Lipinski definition) is 4. The fourth-order valence-electron chi connectivity index (χ4n) is 3.88. The lowest BCUT2D eigenvalue weighted by molar-refractivity contribution is 0.174. The number of benzene rings is 3. The van der Waals surface area contributed by atoms with Gasteiger partial charge in [-0.3, -0.25) is 4.79 Å². The maximum Gasteiger partial charge on any atom is 0.322 e. The van der Waals surface area contributed by atoms with Gasteiger partial charge in [0.25, 0.3) is 5.56 Å². The average molecular weight is 476 g/mol. The van der Waals surface area contributed by atoms with Gasteiger partial charge in [0, 0.05) is 28.3 Å². The van der Waals surface area contributed by atoms with E-state index in [0.717, 1.165) is 22.0 Å². The Hall–Kier alpha value is -3.97. The van der Waals surface area contributed by atoms with Crippen LogP contribution in [0.3, 0.4) is 0 Å². The molecule has 0 unspecified atom stereocenters. The molecule has 0 spiro atoms. The summed E-state index contributed by atoms with van der Waals surface area (Å²) in [6.45, 7) is 2.53. The Bertz CT molecular complexity index is 1430. The molecule has 34 heavy (non-hydrogen) atoms. The van der Waals surface area contributed by atoms with Crippen molar-refractivity contribution in [3.8, 4) is 11.5 Å². The highest BCUT2D eigenvalue weighted by Crippen LogP contribution is 2.33. The Labute approximate surface area is 200 Å². The molecule has 2 N–H and O–H groups in total. The average Bonchev–Trinajstić information content (AvgIpc) is 3.28. The van der Waals surface area contributed by atoms with Gasteiger partial charge < -0.3 is 24.7 Å².